The Morgan fingerprint density at radius 2 is 2.40 bits per heavy atom. The summed E-state index contributed by atoms with van der Waals surface area (Å²) in [6.07, 6.45) is 8.83. The van der Waals surface area contributed by atoms with Gasteiger partial charge in [-0.1, -0.05) is 13.0 Å². The van der Waals surface area contributed by atoms with Crippen molar-refractivity contribution in [1.82, 2.24) is 10.3 Å². The van der Waals surface area contributed by atoms with Crippen LogP contribution in [0.4, 0.5) is 0 Å². The highest BCUT2D eigenvalue weighted by Gasteiger charge is 2.28. The topological polar surface area (TPSA) is 24.9 Å². The minimum atomic E-state index is 0.526. The second-order valence-electron chi connectivity index (χ2n) is 5.53. The molecular formula is C17H22N2S. The van der Waals surface area contributed by atoms with Crippen molar-refractivity contribution in [3.63, 3.8) is 0 Å². The van der Waals surface area contributed by atoms with Crippen LogP contribution in [0.5, 0.6) is 0 Å². The lowest BCUT2D eigenvalue weighted by Gasteiger charge is -2.31. The second-order valence-corrected chi connectivity index (χ2v) is 6.53. The average Bonchev–Trinajstić information content (AvgIpc) is 2.96. The minimum Gasteiger partial charge on any atom is -0.313 e. The molecule has 1 N–H and O–H groups in total. The summed E-state index contributed by atoms with van der Waals surface area (Å²) in [6.45, 7) is 3.23. The van der Waals surface area contributed by atoms with Gasteiger partial charge in [-0.3, -0.25) is 4.98 Å². The van der Waals surface area contributed by atoms with Gasteiger partial charge in [0.15, 0.2) is 0 Å². The number of fused-ring (bicyclic) bond motifs is 1. The summed E-state index contributed by atoms with van der Waals surface area (Å²) in [7, 11) is 0. The number of nitrogens with zero attached hydrogens (tertiary/aromatic N) is 1. The fourth-order valence-electron chi connectivity index (χ4n) is 3.33. The maximum atomic E-state index is 4.25. The third kappa shape index (κ3) is 2.94. The molecule has 0 fully saturated rings. The largest absolute Gasteiger partial charge is 0.313 e. The van der Waals surface area contributed by atoms with Gasteiger partial charge in [-0.15, -0.1) is 11.3 Å². The van der Waals surface area contributed by atoms with E-state index >= 15 is 0 Å². The van der Waals surface area contributed by atoms with Crippen LogP contribution in [0.3, 0.4) is 0 Å². The third-order valence-corrected chi connectivity index (χ3v) is 5.23. The lowest BCUT2D eigenvalue weighted by molar-refractivity contribution is 0.398. The number of pyridine rings is 1. The fraction of sp³-hybridized carbons (Fsp3) is 0.471. The molecule has 2 heterocycles. The van der Waals surface area contributed by atoms with Crippen LogP contribution in [-0.2, 0) is 12.8 Å². The average molecular weight is 286 g/mol. The van der Waals surface area contributed by atoms with Crippen molar-refractivity contribution < 1.29 is 0 Å². The highest BCUT2D eigenvalue weighted by atomic mass is 32.1. The standard InChI is InChI=1S/C17H22N2S/c1-2-19-16(11-13-5-4-9-18-12-13)14-6-3-7-17-15(14)8-10-20-17/h4-5,8-10,12,14,16,19H,2-3,6-7,11H2,1H3. The van der Waals surface area contributed by atoms with Crippen LogP contribution < -0.4 is 5.32 Å². The predicted octanol–water partition coefficient (Wildman–Crippen LogP) is 3.78. The van der Waals surface area contributed by atoms with Gasteiger partial charge >= 0.3 is 0 Å². The van der Waals surface area contributed by atoms with Gasteiger partial charge in [-0.2, -0.15) is 0 Å². The number of hydrogen-bond donors (Lipinski definition) is 1. The molecule has 0 saturated carbocycles. The number of aromatic nitrogens is 1. The van der Waals surface area contributed by atoms with Crippen molar-refractivity contribution in [2.24, 2.45) is 0 Å². The molecular weight excluding hydrogens is 264 g/mol. The van der Waals surface area contributed by atoms with E-state index in [9.17, 15) is 0 Å². The highest BCUT2D eigenvalue weighted by molar-refractivity contribution is 7.10. The van der Waals surface area contributed by atoms with Crippen LogP contribution in [0.2, 0.25) is 0 Å². The lowest BCUT2D eigenvalue weighted by Crippen LogP contribution is -2.38. The molecule has 2 aromatic rings. The summed E-state index contributed by atoms with van der Waals surface area (Å²) >= 11 is 1.93. The van der Waals surface area contributed by atoms with E-state index < -0.39 is 0 Å². The van der Waals surface area contributed by atoms with Gasteiger partial charge in [0.1, 0.15) is 0 Å². The number of thiophene rings is 1. The van der Waals surface area contributed by atoms with E-state index in [2.05, 4.69) is 34.7 Å². The Labute approximate surface area is 125 Å². The number of aryl methyl sites for hydroxylation is 1. The van der Waals surface area contributed by atoms with Crippen LogP contribution >= 0.6 is 11.3 Å². The van der Waals surface area contributed by atoms with Crippen molar-refractivity contribution in [2.75, 3.05) is 6.54 Å². The molecule has 0 amide bonds. The van der Waals surface area contributed by atoms with Crippen LogP contribution in [0.1, 0.15) is 41.7 Å². The first-order chi connectivity index (χ1) is 9.88. The normalized spacial score (nSPS) is 19.6. The van der Waals surface area contributed by atoms with Crippen molar-refractivity contribution in [3.8, 4) is 0 Å². The van der Waals surface area contributed by atoms with Gasteiger partial charge in [-0.05, 0) is 60.9 Å². The summed E-state index contributed by atoms with van der Waals surface area (Å²) in [5.74, 6) is 0.658. The Morgan fingerprint density at radius 1 is 1.45 bits per heavy atom. The summed E-state index contributed by atoms with van der Waals surface area (Å²) in [5.41, 5.74) is 2.93. The molecule has 2 atom stereocenters. The first-order valence-electron chi connectivity index (χ1n) is 7.57. The molecule has 2 aromatic heterocycles. The first kappa shape index (κ1) is 13.8. The van der Waals surface area contributed by atoms with Crippen LogP contribution in [0.25, 0.3) is 0 Å². The van der Waals surface area contributed by atoms with Crippen molar-refractivity contribution >= 4 is 11.3 Å². The molecule has 0 spiro atoms. The molecule has 0 saturated heterocycles. The van der Waals surface area contributed by atoms with E-state index in [1.165, 1.54) is 24.8 Å². The zero-order valence-electron chi connectivity index (χ0n) is 12.0. The maximum Gasteiger partial charge on any atom is 0.0300 e. The Bertz CT molecular complexity index is 535. The fourth-order valence-corrected chi connectivity index (χ4v) is 4.33. The van der Waals surface area contributed by atoms with Gasteiger partial charge in [0.05, 0.1) is 0 Å². The minimum absolute atomic E-state index is 0.526. The molecule has 2 unspecified atom stereocenters. The molecule has 0 aromatic carbocycles. The van der Waals surface area contributed by atoms with Crippen LogP contribution in [0, 0.1) is 0 Å². The van der Waals surface area contributed by atoms with Gasteiger partial charge in [0.25, 0.3) is 0 Å². The molecule has 1 aliphatic rings. The van der Waals surface area contributed by atoms with E-state index in [1.807, 2.05) is 29.8 Å². The Hall–Kier alpha value is -1.19. The molecule has 0 radical (unpaired) electrons. The Balaban J connectivity index is 1.81. The van der Waals surface area contributed by atoms with Gasteiger partial charge in [0.2, 0.25) is 0 Å². The number of nitrogens with one attached hydrogen (secondary N) is 1. The zero-order chi connectivity index (χ0) is 13.8. The number of rotatable bonds is 5. The van der Waals surface area contributed by atoms with E-state index in [0.717, 1.165) is 13.0 Å². The van der Waals surface area contributed by atoms with Gasteiger partial charge in [0, 0.05) is 29.2 Å². The lowest BCUT2D eigenvalue weighted by atomic mass is 9.80. The smallest absolute Gasteiger partial charge is 0.0300 e. The second kappa shape index (κ2) is 6.51. The monoisotopic (exact) mass is 286 g/mol. The van der Waals surface area contributed by atoms with E-state index in [-0.39, 0.29) is 0 Å². The van der Waals surface area contributed by atoms with Gasteiger partial charge < -0.3 is 5.32 Å². The molecule has 0 bridgehead atoms. The summed E-state index contributed by atoms with van der Waals surface area (Å²) in [5, 5.41) is 5.97. The van der Waals surface area contributed by atoms with Crippen molar-refractivity contribution in [3.05, 3.63) is 52.0 Å². The van der Waals surface area contributed by atoms with Crippen LogP contribution in [-0.4, -0.2) is 17.6 Å². The third-order valence-electron chi connectivity index (χ3n) is 4.23. The SMILES string of the molecule is CCNC(Cc1cccnc1)C1CCCc2sccc21. The molecule has 3 heteroatoms. The van der Waals surface area contributed by atoms with E-state index in [0.29, 0.717) is 12.0 Å². The zero-order valence-corrected chi connectivity index (χ0v) is 12.8. The Kier molecular flexibility index (Phi) is 4.48. The van der Waals surface area contributed by atoms with Crippen molar-refractivity contribution in [2.45, 2.75) is 44.6 Å². The Morgan fingerprint density at radius 3 is 3.20 bits per heavy atom. The van der Waals surface area contributed by atoms with Crippen LogP contribution in [0.15, 0.2) is 36.0 Å². The molecule has 0 aliphatic heterocycles. The summed E-state index contributed by atoms with van der Waals surface area (Å²) in [6, 6.07) is 7.10. The van der Waals surface area contributed by atoms with Gasteiger partial charge in [-0.25, -0.2) is 0 Å². The predicted molar refractivity (Wildman–Crippen MR) is 85.4 cm³/mol. The van der Waals surface area contributed by atoms with E-state index in [1.54, 1.807) is 10.4 Å². The highest BCUT2D eigenvalue weighted by Crippen LogP contribution is 2.37. The number of likely N-dealkylation sites (N-methyl/N-ethyl adjacent to an activating group) is 1. The quantitative estimate of drug-likeness (QED) is 0.904. The van der Waals surface area contributed by atoms with E-state index in [4.69, 9.17) is 0 Å². The molecule has 3 rings (SSSR count). The first-order valence-corrected chi connectivity index (χ1v) is 8.45. The molecule has 106 valence electrons. The number of hydrogen-bond acceptors (Lipinski definition) is 3. The summed E-state index contributed by atoms with van der Waals surface area (Å²) in [4.78, 5) is 5.86. The maximum absolute atomic E-state index is 4.25. The molecule has 1 aliphatic carbocycles. The summed E-state index contributed by atoms with van der Waals surface area (Å²) < 4.78 is 0. The van der Waals surface area contributed by atoms with Crippen molar-refractivity contribution in [1.29, 1.82) is 0 Å². The molecule has 2 nitrogen and oxygen atoms in total. The molecule has 20 heavy (non-hydrogen) atoms.